The van der Waals surface area contributed by atoms with Crippen LogP contribution in [0.1, 0.15) is 27.0 Å². The summed E-state index contributed by atoms with van der Waals surface area (Å²) in [5, 5.41) is 8.84. The Kier molecular flexibility index (Phi) is 4.11. The summed E-state index contributed by atoms with van der Waals surface area (Å²) in [5.74, 6) is -1.30. The van der Waals surface area contributed by atoms with E-state index in [0.29, 0.717) is 12.0 Å². The maximum atomic E-state index is 13.8. The second-order valence-electron chi connectivity index (χ2n) is 4.29. The topological polar surface area (TPSA) is 50.1 Å². The number of halogens is 1. The SMILES string of the molecule is COC(=O)c1ccc(Cc2cccc(C#N)c2)cc1F. The van der Waals surface area contributed by atoms with Crippen molar-refractivity contribution in [3.63, 3.8) is 0 Å². The van der Waals surface area contributed by atoms with Crippen molar-refractivity contribution in [2.24, 2.45) is 0 Å². The zero-order valence-corrected chi connectivity index (χ0v) is 10.9. The number of esters is 1. The minimum Gasteiger partial charge on any atom is -0.465 e. The molecule has 0 atom stereocenters. The third kappa shape index (κ3) is 3.01. The first-order valence-corrected chi connectivity index (χ1v) is 6.00. The molecule has 100 valence electrons. The summed E-state index contributed by atoms with van der Waals surface area (Å²) in [6.45, 7) is 0. The maximum Gasteiger partial charge on any atom is 0.340 e. The van der Waals surface area contributed by atoms with Gasteiger partial charge in [0.25, 0.3) is 0 Å². The number of benzene rings is 2. The lowest BCUT2D eigenvalue weighted by Crippen LogP contribution is -2.05. The van der Waals surface area contributed by atoms with Crippen LogP contribution in [-0.2, 0) is 11.2 Å². The normalized spacial score (nSPS) is 9.85. The van der Waals surface area contributed by atoms with E-state index in [0.717, 1.165) is 11.1 Å². The van der Waals surface area contributed by atoms with Gasteiger partial charge in [-0.3, -0.25) is 0 Å². The van der Waals surface area contributed by atoms with Gasteiger partial charge in [0, 0.05) is 0 Å². The van der Waals surface area contributed by atoms with Crippen LogP contribution in [0.15, 0.2) is 42.5 Å². The van der Waals surface area contributed by atoms with Crippen LogP contribution in [0.2, 0.25) is 0 Å². The van der Waals surface area contributed by atoms with Gasteiger partial charge in [0.2, 0.25) is 0 Å². The molecule has 4 heteroatoms. The average molecular weight is 269 g/mol. The number of carbonyl (C=O) groups is 1. The zero-order valence-electron chi connectivity index (χ0n) is 10.9. The van der Waals surface area contributed by atoms with Gasteiger partial charge in [-0.15, -0.1) is 0 Å². The molecule has 0 N–H and O–H groups in total. The van der Waals surface area contributed by atoms with Crippen LogP contribution in [0.4, 0.5) is 4.39 Å². The molecule has 0 radical (unpaired) electrons. The predicted molar refractivity (Wildman–Crippen MR) is 71.7 cm³/mol. The van der Waals surface area contributed by atoms with Gasteiger partial charge in [-0.05, 0) is 41.8 Å². The smallest absolute Gasteiger partial charge is 0.340 e. The third-order valence-electron chi connectivity index (χ3n) is 2.90. The average Bonchev–Trinajstić information content (AvgIpc) is 2.47. The Labute approximate surface area is 116 Å². The molecule has 0 heterocycles. The summed E-state index contributed by atoms with van der Waals surface area (Å²) in [4.78, 5) is 11.3. The second-order valence-corrected chi connectivity index (χ2v) is 4.29. The van der Waals surface area contributed by atoms with Crippen LogP contribution in [0, 0.1) is 17.1 Å². The minimum absolute atomic E-state index is 0.0815. The highest BCUT2D eigenvalue weighted by atomic mass is 19.1. The molecule has 0 aromatic heterocycles. The summed E-state index contributed by atoms with van der Waals surface area (Å²) in [7, 11) is 1.21. The number of rotatable bonds is 3. The van der Waals surface area contributed by atoms with E-state index in [1.54, 1.807) is 24.3 Å². The van der Waals surface area contributed by atoms with E-state index in [4.69, 9.17) is 5.26 Å². The standard InChI is InChI=1S/C16H12FNO2/c1-20-16(19)14-6-5-12(9-15(14)17)7-11-3-2-4-13(8-11)10-18/h2-6,8-9H,7H2,1H3. The fourth-order valence-electron chi connectivity index (χ4n) is 1.93. The van der Waals surface area contributed by atoms with Gasteiger partial charge in [0.1, 0.15) is 5.82 Å². The molecular formula is C16H12FNO2. The van der Waals surface area contributed by atoms with Crippen molar-refractivity contribution in [3.8, 4) is 6.07 Å². The van der Waals surface area contributed by atoms with Crippen molar-refractivity contribution >= 4 is 5.97 Å². The van der Waals surface area contributed by atoms with Crippen molar-refractivity contribution in [3.05, 3.63) is 70.5 Å². The van der Waals surface area contributed by atoms with Crippen molar-refractivity contribution < 1.29 is 13.9 Å². The Balaban J connectivity index is 2.24. The van der Waals surface area contributed by atoms with E-state index < -0.39 is 11.8 Å². The molecule has 0 bridgehead atoms. The predicted octanol–water partition coefficient (Wildman–Crippen LogP) is 3.07. The van der Waals surface area contributed by atoms with Crippen LogP contribution in [0.25, 0.3) is 0 Å². The van der Waals surface area contributed by atoms with Crippen LogP contribution < -0.4 is 0 Å². The molecule has 0 aliphatic rings. The molecule has 0 saturated heterocycles. The largest absolute Gasteiger partial charge is 0.465 e. The highest BCUT2D eigenvalue weighted by Crippen LogP contribution is 2.16. The van der Waals surface area contributed by atoms with E-state index in [-0.39, 0.29) is 5.56 Å². The van der Waals surface area contributed by atoms with Gasteiger partial charge in [0.05, 0.1) is 24.3 Å². The molecule has 3 nitrogen and oxygen atoms in total. The molecule has 20 heavy (non-hydrogen) atoms. The molecule has 0 aliphatic heterocycles. The monoisotopic (exact) mass is 269 g/mol. The lowest BCUT2D eigenvalue weighted by atomic mass is 10.0. The van der Waals surface area contributed by atoms with Gasteiger partial charge in [-0.2, -0.15) is 5.26 Å². The van der Waals surface area contributed by atoms with Crippen molar-refractivity contribution in [2.75, 3.05) is 7.11 Å². The number of nitrogens with zero attached hydrogens (tertiary/aromatic N) is 1. The summed E-state index contributed by atoms with van der Waals surface area (Å²) in [6, 6.07) is 13.6. The highest BCUT2D eigenvalue weighted by Gasteiger charge is 2.12. The Bertz CT molecular complexity index is 689. The molecule has 0 saturated carbocycles. The number of hydrogen-bond acceptors (Lipinski definition) is 3. The Morgan fingerprint density at radius 2 is 2.00 bits per heavy atom. The lowest BCUT2D eigenvalue weighted by molar-refractivity contribution is 0.0595. The molecule has 2 aromatic carbocycles. The number of carbonyl (C=O) groups excluding carboxylic acids is 1. The quantitative estimate of drug-likeness (QED) is 0.804. The van der Waals surface area contributed by atoms with Gasteiger partial charge in [-0.1, -0.05) is 18.2 Å². The fraction of sp³-hybridized carbons (Fsp3) is 0.125. The van der Waals surface area contributed by atoms with Crippen LogP contribution in [0.5, 0.6) is 0 Å². The van der Waals surface area contributed by atoms with Crippen molar-refractivity contribution in [1.29, 1.82) is 5.26 Å². The van der Waals surface area contributed by atoms with Gasteiger partial charge < -0.3 is 4.74 Å². The summed E-state index contributed by atoms with van der Waals surface area (Å²) in [6.07, 6.45) is 0.494. The number of nitriles is 1. The van der Waals surface area contributed by atoms with E-state index in [1.165, 1.54) is 19.2 Å². The van der Waals surface area contributed by atoms with E-state index >= 15 is 0 Å². The van der Waals surface area contributed by atoms with Gasteiger partial charge in [0.15, 0.2) is 0 Å². The van der Waals surface area contributed by atoms with Crippen molar-refractivity contribution in [2.45, 2.75) is 6.42 Å². The number of hydrogen-bond donors (Lipinski definition) is 0. The number of methoxy groups -OCH3 is 1. The Morgan fingerprint density at radius 3 is 2.65 bits per heavy atom. The number of ether oxygens (including phenoxy) is 1. The molecule has 0 unspecified atom stereocenters. The first-order valence-electron chi connectivity index (χ1n) is 6.00. The van der Waals surface area contributed by atoms with Crippen LogP contribution in [-0.4, -0.2) is 13.1 Å². The Morgan fingerprint density at radius 1 is 1.25 bits per heavy atom. The molecular weight excluding hydrogens is 257 g/mol. The highest BCUT2D eigenvalue weighted by molar-refractivity contribution is 5.89. The second kappa shape index (κ2) is 5.98. The van der Waals surface area contributed by atoms with Gasteiger partial charge >= 0.3 is 5.97 Å². The lowest BCUT2D eigenvalue weighted by Gasteiger charge is -2.05. The molecule has 0 aliphatic carbocycles. The molecule has 2 aromatic rings. The molecule has 0 spiro atoms. The van der Waals surface area contributed by atoms with E-state index in [2.05, 4.69) is 10.8 Å². The fourth-order valence-corrected chi connectivity index (χ4v) is 1.93. The van der Waals surface area contributed by atoms with Crippen molar-refractivity contribution in [1.82, 2.24) is 0 Å². The summed E-state index contributed by atoms with van der Waals surface area (Å²) in [5.41, 5.74) is 2.12. The third-order valence-corrected chi connectivity index (χ3v) is 2.90. The Hall–Kier alpha value is -2.67. The van der Waals surface area contributed by atoms with Gasteiger partial charge in [-0.25, -0.2) is 9.18 Å². The molecule has 2 rings (SSSR count). The van der Waals surface area contributed by atoms with E-state index in [1.807, 2.05) is 6.07 Å². The zero-order chi connectivity index (χ0) is 14.5. The van der Waals surface area contributed by atoms with Crippen LogP contribution >= 0.6 is 0 Å². The summed E-state index contributed by atoms with van der Waals surface area (Å²) >= 11 is 0. The molecule has 0 fully saturated rings. The maximum absolute atomic E-state index is 13.8. The molecule has 0 amide bonds. The minimum atomic E-state index is -0.694. The first-order chi connectivity index (χ1) is 9.63. The van der Waals surface area contributed by atoms with E-state index in [9.17, 15) is 9.18 Å². The van der Waals surface area contributed by atoms with Crippen LogP contribution in [0.3, 0.4) is 0 Å². The first kappa shape index (κ1) is 13.8. The summed E-state index contributed by atoms with van der Waals surface area (Å²) < 4.78 is 18.3.